The summed E-state index contributed by atoms with van der Waals surface area (Å²) in [5, 5.41) is 24.5. The van der Waals surface area contributed by atoms with Crippen LogP contribution in [0.25, 0.3) is 4.96 Å². The lowest BCUT2D eigenvalue weighted by molar-refractivity contribution is 0.0945. The molecule has 27 heavy (non-hydrogen) atoms. The highest BCUT2D eigenvalue weighted by molar-refractivity contribution is 7.17. The first kappa shape index (κ1) is 18.4. The third kappa shape index (κ3) is 3.58. The van der Waals surface area contributed by atoms with Crippen molar-refractivity contribution in [3.63, 3.8) is 0 Å². The van der Waals surface area contributed by atoms with Gasteiger partial charge in [-0.05, 0) is 5.56 Å². The second-order valence-electron chi connectivity index (χ2n) is 6.78. The highest BCUT2D eigenvalue weighted by atomic mass is 32.1. The van der Waals surface area contributed by atoms with Gasteiger partial charge in [0.05, 0.1) is 17.5 Å². The van der Waals surface area contributed by atoms with Crippen molar-refractivity contribution in [2.45, 2.75) is 19.4 Å². The van der Waals surface area contributed by atoms with Gasteiger partial charge in [-0.15, -0.1) is 5.10 Å². The number of aromatic nitrogens is 3. The number of nitrogens with zero attached hydrogens (tertiary/aromatic N) is 5. The van der Waals surface area contributed by atoms with Crippen LogP contribution >= 0.6 is 11.3 Å². The Balaban J connectivity index is 1.69. The first-order valence-corrected chi connectivity index (χ1v) is 10.2. The smallest absolute Gasteiger partial charge is 0.230 e. The molecular formula is C19H25N5O2S. The van der Waals surface area contributed by atoms with Crippen LogP contribution in [0.3, 0.4) is 0 Å². The van der Waals surface area contributed by atoms with E-state index in [1.165, 1.54) is 11.3 Å². The maximum atomic E-state index is 10.9. The van der Waals surface area contributed by atoms with Gasteiger partial charge in [0.15, 0.2) is 5.82 Å². The van der Waals surface area contributed by atoms with Crippen molar-refractivity contribution >= 4 is 16.3 Å². The molecule has 0 bridgehead atoms. The molecule has 2 N–H and O–H groups in total. The number of fused-ring (bicyclic) bond motifs is 1. The molecule has 1 aliphatic rings. The van der Waals surface area contributed by atoms with Crippen LogP contribution in [-0.4, -0.2) is 73.9 Å². The van der Waals surface area contributed by atoms with Crippen LogP contribution in [0.1, 0.15) is 29.2 Å². The molecule has 1 aliphatic heterocycles. The summed E-state index contributed by atoms with van der Waals surface area (Å²) in [4.78, 5) is 10.8. The van der Waals surface area contributed by atoms with Gasteiger partial charge in [-0.1, -0.05) is 48.6 Å². The van der Waals surface area contributed by atoms with E-state index in [4.69, 9.17) is 0 Å². The van der Waals surface area contributed by atoms with Gasteiger partial charge in [-0.25, -0.2) is 4.98 Å². The van der Waals surface area contributed by atoms with Crippen LogP contribution in [0.15, 0.2) is 30.3 Å². The zero-order valence-corrected chi connectivity index (χ0v) is 16.3. The van der Waals surface area contributed by atoms with Crippen molar-refractivity contribution in [3.05, 3.63) is 46.6 Å². The Hall–Kier alpha value is -2.00. The predicted octanol–water partition coefficient (Wildman–Crippen LogP) is 1.76. The largest absolute Gasteiger partial charge is 0.492 e. The van der Waals surface area contributed by atoms with Crippen LogP contribution in [0.4, 0.5) is 0 Å². The fourth-order valence-corrected chi connectivity index (χ4v) is 4.80. The van der Waals surface area contributed by atoms with Crippen LogP contribution in [0, 0.1) is 0 Å². The molecule has 2 aromatic heterocycles. The number of aryl methyl sites for hydroxylation is 1. The van der Waals surface area contributed by atoms with E-state index in [0.717, 1.165) is 53.8 Å². The summed E-state index contributed by atoms with van der Waals surface area (Å²) in [7, 11) is 0. The predicted molar refractivity (Wildman–Crippen MR) is 105 cm³/mol. The maximum absolute atomic E-state index is 10.9. The SMILES string of the molecule is CCc1nc2sc([C@@H](c3ccccc3)N3CCN(CCO)CC3)c(O)n2n1. The zero-order chi connectivity index (χ0) is 18.8. The molecule has 3 aromatic rings. The topological polar surface area (TPSA) is 77.1 Å². The molecule has 144 valence electrons. The van der Waals surface area contributed by atoms with Gasteiger partial charge in [0.25, 0.3) is 0 Å². The van der Waals surface area contributed by atoms with Gasteiger partial charge in [0.1, 0.15) is 0 Å². The Morgan fingerprint density at radius 3 is 2.52 bits per heavy atom. The number of aliphatic hydroxyl groups excluding tert-OH is 1. The average Bonchev–Trinajstić information content (AvgIpc) is 3.24. The molecule has 1 saturated heterocycles. The van der Waals surface area contributed by atoms with E-state index in [9.17, 15) is 10.2 Å². The molecule has 0 spiro atoms. The number of hydrogen-bond donors (Lipinski definition) is 2. The quantitative estimate of drug-likeness (QED) is 0.671. The lowest BCUT2D eigenvalue weighted by atomic mass is 10.0. The minimum Gasteiger partial charge on any atom is -0.492 e. The number of rotatable bonds is 6. The van der Waals surface area contributed by atoms with Crippen LogP contribution in [-0.2, 0) is 6.42 Å². The molecule has 0 aliphatic carbocycles. The minimum absolute atomic E-state index is 0.0268. The lowest BCUT2D eigenvalue weighted by Gasteiger charge is -2.39. The highest BCUT2D eigenvalue weighted by Crippen LogP contribution is 2.40. The normalized spacial score (nSPS) is 17.6. The molecule has 4 rings (SSSR count). The molecule has 1 aromatic carbocycles. The van der Waals surface area contributed by atoms with Gasteiger partial charge in [-0.3, -0.25) is 9.80 Å². The fraction of sp³-hybridized carbons (Fsp3) is 0.474. The van der Waals surface area contributed by atoms with E-state index in [0.29, 0.717) is 6.54 Å². The van der Waals surface area contributed by atoms with Crippen molar-refractivity contribution in [3.8, 4) is 5.88 Å². The summed E-state index contributed by atoms with van der Waals surface area (Å²) in [6, 6.07) is 10.3. The summed E-state index contributed by atoms with van der Waals surface area (Å²) >= 11 is 1.51. The van der Waals surface area contributed by atoms with Crippen molar-refractivity contribution in [2.24, 2.45) is 0 Å². The van der Waals surface area contributed by atoms with E-state index >= 15 is 0 Å². The fourth-order valence-electron chi connectivity index (χ4n) is 3.67. The van der Waals surface area contributed by atoms with Crippen molar-refractivity contribution < 1.29 is 10.2 Å². The summed E-state index contributed by atoms with van der Waals surface area (Å²) in [6.45, 7) is 6.49. The molecular weight excluding hydrogens is 362 g/mol. The maximum Gasteiger partial charge on any atom is 0.230 e. The molecule has 7 nitrogen and oxygen atoms in total. The number of aromatic hydroxyl groups is 1. The van der Waals surface area contributed by atoms with Crippen molar-refractivity contribution in [1.82, 2.24) is 24.4 Å². The summed E-state index contributed by atoms with van der Waals surface area (Å²) in [6.07, 6.45) is 0.748. The van der Waals surface area contributed by atoms with E-state index in [-0.39, 0.29) is 18.5 Å². The summed E-state index contributed by atoms with van der Waals surface area (Å²) < 4.78 is 1.57. The average molecular weight is 388 g/mol. The van der Waals surface area contributed by atoms with Crippen molar-refractivity contribution in [2.75, 3.05) is 39.3 Å². The highest BCUT2D eigenvalue weighted by Gasteiger charge is 2.31. The molecule has 1 atom stereocenters. The summed E-state index contributed by atoms with van der Waals surface area (Å²) in [5.74, 6) is 0.936. The van der Waals surface area contributed by atoms with Crippen LogP contribution in [0.5, 0.6) is 5.88 Å². The van der Waals surface area contributed by atoms with Gasteiger partial charge in [0, 0.05) is 39.1 Å². The van der Waals surface area contributed by atoms with Gasteiger partial charge in [-0.2, -0.15) is 4.52 Å². The number of aliphatic hydroxyl groups is 1. The van der Waals surface area contributed by atoms with Crippen LogP contribution < -0.4 is 0 Å². The van der Waals surface area contributed by atoms with Gasteiger partial charge < -0.3 is 10.2 Å². The Bertz CT molecular complexity index is 886. The molecule has 0 saturated carbocycles. The van der Waals surface area contributed by atoms with Gasteiger partial charge >= 0.3 is 0 Å². The molecule has 1 fully saturated rings. The molecule has 0 unspecified atom stereocenters. The standard InChI is InChI=1S/C19H25N5O2S/c1-2-15-20-19-24(21-15)18(26)17(27-19)16(14-6-4-3-5-7-14)23-10-8-22(9-11-23)12-13-25/h3-7,16,25-26H,2,8-13H2,1H3/t16-/m1/s1. The zero-order valence-electron chi connectivity index (χ0n) is 15.5. The lowest BCUT2D eigenvalue weighted by Crippen LogP contribution is -2.48. The molecule has 8 heteroatoms. The second-order valence-corrected chi connectivity index (χ2v) is 7.79. The monoisotopic (exact) mass is 387 g/mol. The molecule has 0 amide bonds. The Morgan fingerprint density at radius 2 is 1.89 bits per heavy atom. The van der Waals surface area contributed by atoms with E-state index in [1.807, 2.05) is 25.1 Å². The number of β-amino-alcohol motifs (C(OH)–C–C–N with tert-alkyl or cyclic N) is 1. The minimum atomic E-state index is -0.0268. The number of benzene rings is 1. The molecule has 3 heterocycles. The second kappa shape index (κ2) is 7.93. The Morgan fingerprint density at radius 1 is 1.15 bits per heavy atom. The summed E-state index contributed by atoms with van der Waals surface area (Å²) in [5.41, 5.74) is 1.16. The molecule has 0 radical (unpaired) electrons. The van der Waals surface area contributed by atoms with E-state index < -0.39 is 0 Å². The first-order valence-electron chi connectivity index (χ1n) is 9.40. The first-order chi connectivity index (χ1) is 13.2. The van der Waals surface area contributed by atoms with Crippen LogP contribution in [0.2, 0.25) is 0 Å². The van der Waals surface area contributed by atoms with E-state index in [2.05, 4.69) is 32.0 Å². The Kier molecular flexibility index (Phi) is 5.40. The third-order valence-electron chi connectivity index (χ3n) is 5.11. The Labute approximate surface area is 162 Å². The van der Waals surface area contributed by atoms with E-state index in [1.54, 1.807) is 4.52 Å². The van der Waals surface area contributed by atoms with Crippen molar-refractivity contribution in [1.29, 1.82) is 0 Å². The number of thiazole rings is 1. The number of hydrogen-bond acceptors (Lipinski definition) is 7. The number of piperazine rings is 1. The third-order valence-corrected chi connectivity index (χ3v) is 6.18. The van der Waals surface area contributed by atoms with Gasteiger partial charge in [0.2, 0.25) is 10.8 Å².